The van der Waals surface area contributed by atoms with Crippen LogP contribution in [0.15, 0.2) is 0 Å². The predicted molar refractivity (Wildman–Crippen MR) is 39.4 cm³/mol. The van der Waals surface area contributed by atoms with Crippen molar-refractivity contribution >= 4 is 5.91 Å². The van der Waals surface area contributed by atoms with Gasteiger partial charge in [0.15, 0.2) is 0 Å². The smallest absolute Gasteiger partial charge is 0.234 e. The number of likely N-dealkylation sites (tertiary alicyclic amines) is 1. The monoisotopic (exact) mass is 142 g/mol. The minimum atomic E-state index is -0.188. The molecule has 1 fully saturated rings. The highest BCUT2D eigenvalue weighted by molar-refractivity contribution is 5.80. The van der Waals surface area contributed by atoms with Crippen LogP contribution < -0.4 is 5.73 Å². The van der Waals surface area contributed by atoms with Crippen LogP contribution in [0.25, 0.3) is 0 Å². The maximum absolute atomic E-state index is 10.7. The van der Waals surface area contributed by atoms with Crippen molar-refractivity contribution in [2.24, 2.45) is 11.7 Å². The van der Waals surface area contributed by atoms with Crippen LogP contribution in [0.4, 0.5) is 0 Å². The molecule has 1 aliphatic heterocycles. The third-order valence-electron chi connectivity index (χ3n) is 2.09. The fourth-order valence-corrected chi connectivity index (χ4v) is 1.59. The predicted octanol–water partition coefficient (Wildman–Crippen LogP) is -0.188. The van der Waals surface area contributed by atoms with Gasteiger partial charge in [-0.2, -0.15) is 0 Å². The first kappa shape index (κ1) is 7.54. The summed E-state index contributed by atoms with van der Waals surface area (Å²) in [7, 11) is 1.94. The van der Waals surface area contributed by atoms with E-state index in [1.807, 2.05) is 11.9 Å². The summed E-state index contributed by atoms with van der Waals surface area (Å²) in [6, 6.07) is -0.0185. The summed E-state index contributed by atoms with van der Waals surface area (Å²) in [4.78, 5) is 12.8. The number of hydrogen-bond donors (Lipinski definition) is 1. The highest BCUT2D eigenvalue weighted by Crippen LogP contribution is 2.19. The van der Waals surface area contributed by atoms with E-state index < -0.39 is 0 Å². The van der Waals surface area contributed by atoms with Gasteiger partial charge in [0.05, 0.1) is 6.04 Å². The van der Waals surface area contributed by atoms with Crippen LogP contribution in [0.1, 0.15) is 13.3 Å². The number of carbonyl (C=O) groups is 1. The number of carbonyl (C=O) groups excluding carboxylic acids is 1. The molecule has 2 atom stereocenters. The molecule has 1 saturated heterocycles. The number of likely N-dealkylation sites (N-methyl/N-ethyl adjacent to an activating group) is 1. The number of rotatable bonds is 1. The summed E-state index contributed by atoms with van der Waals surface area (Å²) in [6.45, 7) is 3.13. The van der Waals surface area contributed by atoms with E-state index in [9.17, 15) is 4.79 Å². The van der Waals surface area contributed by atoms with Crippen LogP contribution >= 0.6 is 0 Å². The summed E-state index contributed by atoms with van der Waals surface area (Å²) < 4.78 is 0. The molecule has 0 radical (unpaired) electrons. The fourth-order valence-electron chi connectivity index (χ4n) is 1.59. The Morgan fingerprint density at radius 1 is 1.70 bits per heavy atom. The van der Waals surface area contributed by atoms with Gasteiger partial charge in [-0.1, -0.05) is 6.92 Å². The summed E-state index contributed by atoms with van der Waals surface area (Å²) >= 11 is 0. The van der Waals surface area contributed by atoms with Gasteiger partial charge in [-0.3, -0.25) is 9.69 Å². The standard InChI is InChI=1S/C7H14N2O/c1-5-3-6(7(8)10)9(2)4-5/h5-6H,3-4H2,1-2H3,(H2,8,10)/t5?,6-/m0/s1. The van der Waals surface area contributed by atoms with Gasteiger partial charge in [0, 0.05) is 6.54 Å². The van der Waals surface area contributed by atoms with Gasteiger partial charge in [-0.05, 0) is 19.4 Å². The van der Waals surface area contributed by atoms with Gasteiger partial charge < -0.3 is 5.73 Å². The van der Waals surface area contributed by atoms with Crippen molar-refractivity contribution in [3.05, 3.63) is 0 Å². The summed E-state index contributed by atoms with van der Waals surface area (Å²) in [6.07, 6.45) is 0.922. The Bertz CT molecular complexity index is 147. The Kier molecular flexibility index (Phi) is 1.94. The minimum Gasteiger partial charge on any atom is -0.368 e. The molecular formula is C7H14N2O. The van der Waals surface area contributed by atoms with Crippen molar-refractivity contribution in [1.82, 2.24) is 4.90 Å². The second-order valence-corrected chi connectivity index (χ2v) is 3.20. The molecular weight excluding hydrogens is 128 g/mol. The molecule has 0 aliphatic carbocycles. The number of hydrogen-bond acceptors (Lipinski definition) is 2. The zero-order valence-electron chi connectivity index (χ0n) is 6.50. The van der Waals surface area contributed by atoms with E-state index in [1.54, 1.807) is 0 Å². The van der Waals surface area contributed by atoms with E-state index in [1.165, 1.54) is 0 Å². The first-order valence-electron chi connectivity index (χ1n) is 3.61. The van der Waals surface area contributed by atoms with Crippen LogP contribution in [-0.2, 0) is 4.79 Å². The van der Waals surface area contributed by atoms with Crippen molar-refractivity contribution in [3.63, 3.8) is 0 Å². The van der Waals surface area contributed by atoms with Crippen LogP contribution in [0, 0.1) is 5.92 Å². The number of amides is 1. The molecule has 0 bridgehead atoms. The number of nitrogens with two attached hydrogens (primary N) is 1. The summed E-state index contributed by atoms with van der Waals surface area (Å²) in [5.41, 5.74) is 5.17. The summed E-state index contributed by atoms with van der Waals surface area (Å²) in [5, 5.41) is 0. The maximum atomic E-state index is 10.7. The van der Waals surface area contributed by atoms with Gasteiger partial charge in [-0.25, -0.2) is 0 Å². The van der Waals surface area contributed by atoms with E-state index in [4.69, 9.17) is 5.73 Å². The average molecular weight is 142 g/mol. The molecule has 58 valence electrons. The molecule has 1 amide bonds. The van der Waals surface area contributed by atoms with Crippen molar-refractivity contribution in [2.45, 2.75) is 19.4 Å². The Morgan fingerprint density at radius 3 is 2.50 bits per heavy atom. The van der Waals surface area contributed by atoms with Gasteiger partial charge in [-0.15, -0.1) is 0 Å². The van der Waals surface area contributed by atoms with E-state index in [0.717, 1.165) is 13.0 Å². The van der Waals surface area contributed by atoms with Crippen molar-refractivity contribution in [1.29, 1.82) is 0 Å². The first-order valence-corrected chi connectivity index (χ1v) is 3.61. The zero-order chi connectivity index (χ0) is 7.72. The average Bonchev–Trinajstić information content (AvgIpc) is 2.10. The van der Waals surface area contributed by atoms with Crippen LogP contribution in [0.2, 0.25) is 0 Å². The van der Waals surface area contributed by atoms with E-state index >= 15 is 0 Å². The van der Waals surface area contributed by atoms with E-state index in [-0.39, 0.29) is 11.9 Å². The molecule has 1 aliphatic rings. The molecule has 10 heavy (non-hydrogen) atoms. The van der Waals surface area contributed by atoms with Crippen molar-refractivity contribution in [2.75, 3.05) is 13.6 Å². The lowest BCUT2D eigenvalue weighted by atomic mass is 10.1. The van der Waals surface area contributed by atoms with E-state index in [2.05, 4.69) is 6.92 Å². The molecule has 3 heteroatoms. The lowest BCUT2D eigenvalue weighted by molar-refractivity contribution is -0.121. The van der Waals surface area contributed by atoms with Crippen LogP contribution in [-0.4, -0.2) is 30.4 Å². The largest absolute Gasteiger partial charge is 0.368 e. The molecule has 2 N–H and O–H groups in total. The Labute approximate surface area is 61.2 Å². The molecule has 0 aromatic heterocycles. The third-order valence-corrected chi connectivity index (χ3v) is 2.09. The zero-order valence-corrected chi connectivity index (χ0v) is 6.50. The Morgan fingerprint density at radius 2 is 2.30 bits per heavy atom. The molecule has 1 unspecified atom stereocenters. The molecule has 0 aromatic rings. The third kappa shape index (κ3) is 1.29. The lowest BCUT2D eigenvalue weighted by Gasteiger charge is -2.14. The maximum Gasteiger partial charge on any atom is 0.234 e. The second kappa shape index (κ2) is 2.58. The van der Waals surface area contributed by atoms with Gasteiger partial charge >= 0.3 is 0 Å². The van der Waals surface area contributed by atoms with Gasteiger partial charge in [0.25, 0.3) is 0 Å². The Balaban J connectivity index is 2.54. The molecule has 3 nitrogen and oxygen atoms in total. The van der Waals surface area contributed by atoms with Crippen LogP contribution in [0.5, 0.6) is 0 Å². The topological polar surface area (TPSA) is 46.3 Å². The quantitative estimate of drug-likeness (QED) is 0.551. The fraction of sp³-hybridized carbons (Fsp3) is 0.857. The molecule has 0 aromatic carbocycles. The molecule has 1 heterocycles. The Hall–Kier alpha value is -0.570. The molecule has 1 rings (SSSR count). The van der Waals surface area contributed by atoms with Gasteiger partial charge in [0.1, 0.15) is 0 Å². The van der Waals surface area contributed by atoms with Crippen molar-refractivity contribution < 1.29 is 4.79 Å². The van der Waals surface area contributed by atoms with Crippen molar-refractivity contribution in [3.8, 4) is 0 Å². The van der Waals surface area contributed by atoms with E-state index in [0.29, 0.717) is 5.92 Å². The lowest BCUT2D eigenvalue weighted by Crippen LogP contribution is -2.37. The highest BCUT2D eigenvalue weighted by Gasteiger charge is 2.30. The minimum absolute atomic E-state index is 0.0185. The van der Waals surface area contributed by atoms with Gasteiger partial charge in [0.2, 0.25) is 5.91 Å². The summed E-state index contributed by atoms with van der Waals surface area (Å²) in [5.74, 6) is 0.425. The molecule has 0 saturated carbocycles. The SMILES string of the molecule is CC1C[C@@H](C(N)=O)N(C)C1. The second-order valence-electron chi connectivity index (χ2n) is 3.20. The molecule has 0 spiro atoms. The number of nitrogens with zero attached hydrogens (tertiary/aromatic N) is 1. The number of primary amides is 1. The first-order chi connectivity index (χ1) is 4.61. The highest BCUT2D eigenvalue weighted by atomic mass is 16.1. The normalized spacial score (nSPS) is 34.6. The van der Waals surface area contributed by atoms with Crippen LogP contribution in [0.3, 0.4) is 0 Å².